The quantitative estimate of drug-likeness (QED) is 0.580. The Morgan fingerprint density at radius 1 is 1.06 bits per heavy atom. The Morgan fingerprint density at radius 3 is 2.48 bits per heavy atom. The van der Waals surface area contributed by atoms with E-state index in [0.717, 1.165) is 49.9 Å². The van der Waals surface area contributed by atoms with Crippen LogP contribution in [0.25, 0.3) is 0 Å². The van der Waals surface area contributed by atoms with E-state index in [1.54, 1.807) is 6.20 Å². The number of hydrogen-bond donors (Lipinski definition) is 3. The fourth-order valence-electron chi connectivity index (χ4n) is 3.50. The van der Waals surface area contributed by atoms with Crippen molar-refractivity contribution in [2.75, 3.05) is 23.3 Å². The molecule has 1 aromatic carbocycles. The van der Waals surface area contributed by atoms with Gasteiger partial charge in [-0.25, -0.2) is 13.8 Å². The molecule has 1 aliphatic rings. The molecule has 0 saturated carbocycles. The average Bonchev–Trinajstić information content (AvgIpc) is 3.23. The highest BCUT2D eigenvalue weighted by Crippen LogP contribution is 2.20. The minimum Gasteiger partial charge on any atom is -0.356 e. The maximum Gasteiger partial charge on any atom is 0.271 e. The van der Waals surface area contributed by atoms with Crippen molar-refractivity contribution in [3.8, 4) is 0 Å². The van der Waals surface area contributed by atoms with Crippen LogP contribution < -0.4 is 15.5 Å². The van der Waals surface area contributed by atoms with Crippen molar-refractivity contribution in [1.29, 1.82) is 0 Å². The summed E-state index contributed by atoms with van der Waals surface area (Å²) in [6, 6.07) is 8.79. The van der Waals surface area contributed by atoms with E-state index in [0.29, 0.717) is 0 Å². The molecule has 2 aromatic heterocycles. The largest absolute Gasteiger partial charge is 0.356 e. The van der Waals surface area contributed by atoms with Gasteiger partial charge in [-0.1, -0.05) is 12.1 Å². The Labute approximate surface area is 178 Å². The van der Waals surface area contributed by atoms with Gasteiger partial charge in [-0.05, 0) is 37.1 Å². The average molecular weight is 428 g/mol. The van der Waals surface area contributed by atoms with E-state index in [2.05, 4.69) is 30.7 Å². The Balaban J connectivity index is 0.00000289. The second-order valence-electron chi connectivity index (χ2n) is 7.13. The van der Waals surface area contributed by atoms with Gasteiger partial charge in [0.05, 0.1) is 11.9 Å². The molecule has 162 valence electrons. The van der Waals surface area contributed by atoms with E-state index in [9.17, 15) is 18.4 Å². The number of carbonyl (C=O) groups is 2. The molecule has 0 atom stereocenters. The predicted octanol–water partition coefficient (Wildman–Crippen LogP) is 2.98. The molecule has 3 N–H and O–H groups in total. The van der Waals surface area contributed by atoms with Crippen molar-refractivity contribution in [2.45, 2.75) is 18.9 Å². The first-order chi connectivity index (χ1) is 15.0. The molecule has 1 aliphatic heterocycles. The number of rotatable bonds is 5. The zero-order valence-electron chi connectivity index (χ0n) is 16.4. The molecule has 2 amide bonds. The molecule has 10 heteroatoms. The van der Waals surface area contributed by atoms with Gasteiger partial charge in [0.15, 0.2) is 0 Å². The Morgan fingerprint density at radius 2 is 1.81 bits per heavy atom. The molecular weight excluding hydrogens is 406 g/mol. The maximum absolute atomic E-state index is 13.8. The summed E-state index contributed by atoms with van der Waals surface area (Å²) in [5, 5.41) is 11.6. The Hall–Kier alpha value is -3.82. The van der Waals surface area contributed by atoms with Crippen LogP contribution >= 0.6 is 0 Å². The summed E-state index contributed by atoms with van der Waals surface area (Å²) < 4.78 is 27.7. The van der Waals surface area contributed by atoms with Gasteiger partial charge in [-0.3, -0.25) is 14.7 Å². The lowest BCUT2D eigenvalue weighted by Gasteiger charge is -2.33. The van der Waals surface area contributed by atoms with Crippen molar-refractivity contribution in [1.82, 2.24) is 20.5 Å². The summed E-state index contributed by atoms with van der Waals surface area (Å²) in [7, 11) is 0. The molecule has 1 saturated heterocycles. The topological polar surface area (TPSA) is 103 Å². The van der Waals surface area contributed by atoms with Crippen LogP contribution in [0.5, 0.6) is 0 Å². The fraction of sp³-hybridized carbons (Fsp3) is 0.238. The van der Waals surface area contributed by atoms with Crippen molar-refractivity contribution in [3.05, 3.63) is 71.7 Å². The number of carbonyl (C=O) groups excluding carboxylic acids is 2. The number of nitrogens with one attached hydrogen (secondary N) is 3. The molecule has 3 heterocycles. The normalized spacial score (nSPS) is 14.3. The third-order valence-electron chi connectivity index (χ3n) is 5.11. The van der Waals surface area contributed by atoms with Crippen molar-refractivity contribution < 1.29 is 19.8 Å². The summed E-state index contributed by atoms with van der Waals surface area (Å²) in [6.07, 6.45) is 4.40. The number of aromatic amines is 1. The van der Waals surface area contributed by atoms with Crippen LogP contribution in [0.1, 0.15) is 35.1 Å². The highest BCUT2D eigenvalue weighted by atomic mass is 19.1. The monoisotopic (exact) mass is 428 g/mol. The lowest BCUT2D eigenvalue weighted by Crippen LogP contribution is -2.45. The number of H-pyrrole nitrogens is 1. The highest BCUT2D eigenvalue weighted by Gasteiger charge is 2.25. The van der Waals surface area contributed by atoms with Gasteiger partial charge in [-0.2, -0.15) is 5.10 Å². The van der Waals surface area contributed by atoms with Crippen LogP contribution in [0.4, 0.5) is 20.3 Å². The van der Waals surface area contributed by atoms with Crippen LogP contribution in [-0.4, -0.2) is 46.1 Å². The Bertz CT molecular complexity index is 1070. The zero-order chi connectivity index (χ0) is 21.8. The number of hydrogen-bond acceptors (Lipinski definition) is 5. The van der Waals surface area contributed by atoms with Gasteiger partial charge in [0.2, 0.25) is 0 Å². The number of nitrogens with zero attached hydrogens (tertiary/aromatic N) is 3. The summed E-state index contributed by atoms with van der Waals surface area (Å²) in [5.41, 5.74) is -0.676. The van der Waals surface area contributed by atoms with Crippen LogP contribution in [0.15, 0.2) is 48.8 Å². The van der Waals surface area contributed by atoms with Gasteiger partial charge < -0.3 is 15.5 Å². The molecule has 4 rings (SSSR count). The predicted molar refractivity (Wildman–Crippen MR) is 112 cm³/mol. The second kappa shape index (κ2) is 8.90. The number of benzene rings is 1. The molecule has 8 nitrogen and oxygen atoms in total. The fourth-order valence-corrected chi connectivity index (χ4v) is 3.50. The molecular formula is C21H22F2N6O2. The van der Waals surface area contributed by atoms with E-state index in [-0.39, 0.29) is 18.8 Å². The first kappa shape index (κ1) is 20.5. The summed E-state index contributed by atoms with van der Waals surface area (Å²) in [5.74, 6) is -2.56. The van der Waals surface area contributed by atoms with Gasteiger partial charge in [-0.15, -0.1) is 0 Å². The molecule has 1 fully saturated rings. The second-order valence-corrected chi connectivity index (χ2v) is 7.13. The van der Waals surface area contributed by atoms with Crippen LogP contribution in [0.3, 0.4) is 0 Å². The minimum absolute atomic E-state index is 0. The number of amides is 2. The molecule has 3 aromatic rings. The molecule has 0 radical (unpaired) electrons. The van der Waals surface area contributed by atoms with Gasteiger partial charge >= 0.3 is 0 Å². The third kappa shape index (κ3) is 4.52. The van der Waals surface area contributed by atoms with Crippen LogP contribution in [-0.2, 0) is 0 Å². The van der Waals surface area contributed by atoms with E-state index >= 15 is 0 Å². The molecule has 0 unspecified atom stereocenters. The summed E-state index contributed by atoms with van der Waals surface area (Å²) >= 11 is 0. The zero-order valence-corrected chi connectivity index (χ0v) is 16.4. The first-order valence-electron chi connectivity index (χ1n) is 9.78. The number of piperidine rings is 1. The van der Waals surface area contributed by atoms with E-state index < -0.39 is 29.0 Å². The molecule has 0 bridgehead atoms. The standard InChI is InChI=1S/C21H20F2N6O2.H2/c22-14-4-3-5-15(23)18(14)20(30)27-16-12-25-28-19(16)21(31)26-13-7-10-29(11-8-13)17-6-1-2-9-24-17;/h1-6,9,12-13H,7-8,10-11H2,(H,25,28)(H,26,31)(H,27,30);1H. The molecule has 0 spiro atoms. The number of halogens is 2. The van der Waals surface area contributed by atoms with E-state index in [4.69, 9.17) is 0 Å². The van der Waals surface area contributed by atoms with E-state index in [1.807, 2.05) is 18.2 Å². The van der Waals surface area contributed by atoms with Crippen molar-refractivity contribution in [3.63, 3.8) is 0 Å². The maximum atomic E-state index is 13.8. The summed E-state index contributed by atoms with van der Waals surface area (Å²) in [4.78, 5) is 31.5. The smallest absolute Gasteiger partial charge is 0.271 e. The third-order valence-corrected chi connectivity index (χ3v) is 5.11. The number of anilines is 2. The van der Waals surface area contributed by atoms with Crippen molar-refractivity contribution in [2.24, 2.45) is 0 Å². The number of pyridine rings is 1. The van der Waals surface area contributed by atoms with Crippen LogP contribution in [0, 0.1) is 11.6 Å². The van der Waals surface area contributed by atoms with Gasteiger partial charge in [0.1, 0.15) is 28.7 Å². The van der Waals surface area contributed by atoms with Crippen molar-refractivity contribution >= 4 is 23.3 Å². The SMILES string of the molecule is O=C(NC1CCN(c2ccccn2)CC1)c1[nH]ncc1NC(=O)c1c(F)cccc1F.[HH]. The minimum atomic E-state index is -1.00. The van der Waals surface area contributed by atoms with Gasteiger partial charge in [0.25, 0.3) is 11.8 Å². The van der Waals surface area contributed by atoms with Crippen LogP contribution in [0.2, 0.25) is 0 Å². The van der Waals surface area contributed by atoms with E-state index in [1.165, 1.54) is 6.20 Å². The molecule has 0 aliphatic carbocycles. The number of aromatic nitrogens is 3. The summed E-state index contributed by atoms with van der Waals surface area (Å²) in [6.45, 7) is 1.47. The molecule has 31 heavy (non-hydrogen) atoms. The Kier molecular flexibility index (Phi) is 5.87. The highest BCUT2D eigenvalue weighted by molar-refractivity contribution is 6.08. The lowest BCUT2D eigenvalue weighted by molar-refractivity contribution is 0.0927. The lowest BCUT2D eigenvalue weighted by atomic mass is 10.0. The van der Waals surface area contributed by atoms with Gasteiger partial charge in [0, 0.05) is 26.8 Å². The first-order valence-corrected chi connectivity index (χ1v) is 9.78.